The molecule has 1 aliphatic heterocycles. The SMILES string of the molecule is Cc1ncc(CN2CCN(C(=O)C(C)N)CC2)s1.Cl. The van der Waals surface area contributed by atoms with E-state index in [0.29, 0.717) is 0 Å². The first-order valence-electron chi connectivity index (χ1n) is 6.24. The number of carbonyl (C=O) groups excluding carboxylic acids is 1. The van der Waals surface area contributed by atoms with Crippen LogP contribution in [0.1, 0.15) is 16.8 Å². The van der Waals surface area contributed by atoms with Gasteiger partial charge in [-0.25, -0.2) is 4.98 Å². The molecule has 2 heterocycles. The van der Waals surface area contributed by atoms with E-state index in [1.165, 1.54) is 4.88 Å². The Labute approximate surface area is 124 Å². The Bertz CT molecular complexity index is 416. The van der Waals surface area contributed by atoms with E-state index >= 15 is 0 Å². The Morgan fingerprint density at radius 1 is 1.47 bits per heavy atom. The van der Waals surface area contributed by atoms with Gasteiger partial charge in [-0.2, -0.15) is 0 Å². The number of halogens is 1. The fourth-order valence-electron chi connectivity index (χ4n) is 2.11. The summed E-state index contributed by atoms with van der Waals surface area (Å²) in [7, 11) is 0. The second kappa shape index (κ2) is 7.19. The van der Waals surface area contributed by atoms with Gasteiger partial charge >= 0.3 is 0 Å². The summed E-state index contributed by atoms with van der Waals surface area (Å²) in [5.74, 6) is 0.0586. The molecule has 1 atom stereocenters. The van der Waals surface area contributed by atoms with Gasteiger partial charge in [0.25, 0.3) is 0 Å². The van der Waals surface area contributed by atoms with Crippen LogP contribution in [-0.4, -0.2) is 52.9 Å². The summed E-state index contributed by atoms with van der Waals surface area (Å²) in [6.45, 7) is 8.08. The number of aromatic nitrogens is 1. The number of nitrogens with two attached hydrogens (primary N) is 1. The molecule has 19 heavy (non-hydrogen) atoms. The number of carbonyl (C=O) groups is 1. The Morgan fingerprint density at radius 2 is 2.11 bits per heavy atom. The molecule has 1 aromatic rings. The molecule has 5 nitrogen and oxygen atoms in total. The van der Waals surface area contributed by atoms with Gasteiger partial charge in [0, 0.05) is 43.8 Å². The van der Waals surface area contributed by atoms with E-state index in [9.17, 15) is 4.79 Å². The first-order valence-corrected chi connectivity index (χ1v) is 7.06. The standard InChI is InChI=1S/C12H20N4OS.ClH/c1-9(13)12(17)16-5-3-15(4-6-16)8-11-7-14-10(2)18-11;/h7,9H,3-6,8,13H2,1-2H3;1H. The summed E-state index contributed by atoms with van der Waals surface area (Å²) in [6.07, 6.45) is 1.94. The number of amides is 1. The third-order valence-corrected chi connectivity index (χ3v) is 4.02. The highest BCUT2D eigenvalue weighted by atomic mass is 35.5. The maximum Gasteiger partial charge on any atom is 0.239 e. The van der Waals surface area contributed by atoms with Gasteiger partial charge in [0.1, 0.15) is 0 Å². The highest BCUT2D eigenvalue weighted by molar-refractivity contribution is 7.11. The van der Waals surface area contributed by atoms with Crippen molar-refractivity contribution in [1.29, 1.82) is 0 Å². The average molecular weight is 305 g/mol. The van der Waals surface area contributed by atoms with Crippen LogP contribution in [0.3, 0.4) is 0 Å². The van der Waals surface area contributed by atoms with Crippen molar-refractivity contribution in [2.24, 2.45) is 5.73 Å². The average Bonchev–Trinajstić information content (AvgIpc) is 2.75. The molecule has 2 N–H and O–H groups in total. The summed E-state index contributed by atoms with van der Waals surface area (Å²) in [4.78, 5) is 21.5. The van der Waals surface area contributed by atoms with E-state index in [-0.39, 0.29) is 24.4 Å². The first kappa shape index (κ1) is 16.4. The van der Waals surface area contributed by atoms with Crippen molar-refractivity contribution in [2.75, 3.05) is 26.2 Å². The van der Waals surface area contributed by atoms with Gasteiger partial charge in [0.15, 0.2) is 0 Å². The minimum atomic E-state index is -0.388. The van der Waals surface area contributed by atoms with Crippen molar-refractivity contribution in [3.63, 3.8) is 0 Å². The third-order valence-electron chi connectivity index (χ3n) is 3.12. The summed E-state index contributed by atoms with van der Waals surface area (Å²) in [6, 6.07) is -0.388. The normalized spacial score (nSPS) is 17.9. The maximum absolute atomic E-state index is 11.7. The van der Waals surface area contributed by atoms with E-state index in [1.807, 2.05) is 18.0 Å². The van der Waals surface area contributed by atoms with Crippen molar-refractivity contribution in [3.05, 3.63) is 16.1 Å². The molecular formula is C12H21ClN4OS. The number of hydrogen-bond donors (Lipinski definition) is 1. The van der Waals surface area contributed by atoms with Gasteiger partial charge in [-0.05, 0) is 13.8 Å². The van der Waals surface area contributed by atoms with Crippen LogP contribution in [0.25, 0.3) is 0 Å². The Hall–Kier alpha value is -0.690. The maximum atomic E-state index is 11.7. The lowest BCUT2D eigenvalue weighted by Crippen LogP contribution is -2.52. The molecule has 7 heteroatoms. The molecule has 1 saturated heterocycles. The predicted molar refractivity (Wildman–Crippen MR) is 79.6 cm³/mol. The summed E-state index contributed by atoms with van der Waals surface area (Å²) in [5.41, 5.74) is 5.62. The Balaban J connectivity index is 0.00000180. The van der Waals surface area contributed by atoms with Crippen LogP contribution in [0.4, 0.5) is 0 Å². The van der Waals surface area contributed by atoms with Crippen LogP contribution in [-0.2, 0) is 11.3 Å². The third kappa shape index (κ3) is 4.42. The van der Waals surface area contributed by atoms with Crippen LogP contribution >= 0.6 is 23.7 Å². The zero-order valence-electron chi connectivity index (χ0n) is 11.3. The monoisotopic (exact) mass is 304 g/mol. The quantitative estimate of drug-likeness (QED) is 0.900. The highest BCUT2D eigenvalue weighted by Crippen LogP contribution is 2.15. The lowest BCUT2D eigenvalue weighted by atomic mass is 10.2. The topological polar surface area (TPSA) is 62.5 Å². The zero-order chi connectivity index (χ0) is 13.1. The molecule has 0 spiro atoms. The molecule has 1 aliphatic rings. The second-order valence-corrected chi connectivity index (χ2v) is 6.06. The first-order chi connectivity index (χ1) is 8.56. The lowest BCUT2D eigenvalue weighted by molar-refractivity contribution is -0.134. The minimum absolute atomic E-state index is 0. The Morgan fingerprint density at radius 3 is 2.58 bits per heavy atom. The molecule has 1 fully saturated rings. The van der Waals surface area contributed by atoms with Gasteiger partial charge in [0.2, 0.25) is 5.91 Å². The van der Waals surface area contributed by atoms with Gasteiger partial charge < -0.3 is 10.6 Å². The highest BCUT2D eigenvalue weighted by Gasteiger charge is 2.23. The predicted octanol–water partition coefficient (Wildman–Crippen LogP) is 0.865. The number of rotatable bonds is 3. The molecule has 0 aromatic carbocycles. The minimum Gasteiger partial charge on any atom is -0.339 e. The van der Waals surface area contributed by atoms with Gasteiger partial charge in [0.05, 0.1) is 11.0 Å². The number of hydrogen-bond acceptors (Lipinski definition) is 5. The number of aryl methyl sites for hydroxylation is 1. The van der Waals surface area contributed by atoms with E-state index in [0.717, 1.165) is 37.7 Å². The van der Waals surface area contributed by atoms with Crippen LogP contribution in [0.15, 0.2) is 6.20 Å². The van der Waals surface area contributed by atoms with Crippen LogP contribution in [0.2, 0.25) is 0 Å². The van der Waals surface area contributed by atoms with Gasteiger partial charge in [-0.15, -0.1) is 23.7 Å². The Kier molecular flexibility index (Phi) is 6.19. The molecule has 1 aromatic heterocycles. The second-order valence-electron chi connectivity index (χ2n) is 4.74. The van der Waals surface area contributed by atoms with E-state index < -0.39 is 0 Å². The van der Waals surface area contributed by atoms with Crippen LogP contribution in [0.5, 0.6) is 0 Å². The van der Waals surface area contributed by atoms with E-state index in [4.69, 9.17) is 5.73 Å². The molecule has 0 aliphatic carbocycles. The molecule has 0 bridgehead atoms. The summed E-state index contributed by atoms with van der Waals surface area (Å²) in [5, 5.41) is 1.11. The zero-order valence-corrected chi connectivity index (χ0v) is 13.0. The number of thiazole rings is 1. The lowest BCUT2D eigenvalue weighted by Gasteiger charge is -2.35. The van der Waals surface area contributed by atoms with E-state index in [2.05, 4.69) is 9.88 Å². The molecule has 108 valence electrons. The molecule has 1 amide bonds. The van der Waals surface area contributed by atoms with Gasteiger partial charge in [-0.1, -0.05) is 0 Å². The molecule has 1 unspecified atom stereocenters. The summed E-state index contributed by atoms with van der Waals surface area (Å²) >= 11 is 1.74. The molecule has 0 radical (unpaired) electrons. The van der Waals surface area contributed by atoms with Crippen LogP contribution in [0, 0.1) is 6.92 Å². The van der Waals surface area contributed by atoms with Crippen molar-refractivity contribution >= 4 is 29.7 Å². The van der Waals surface area contributed by atoms with Gasteiger partial charge in [-0.3, -0.25) is 9.69 Å². The molecule has 0 saturated carbocycles. The van der Waals surface area contributed by atoms with Crippen molar-refractivity contribution in [1.82, 2.24) is 14.8 Å². The number of nitrogens with zero attached hydrogens (tertiary/aromatic N) is 3. The fraction of sp³-hybridized carbons (Fsp3) is 0.667. The number of piperazine rings is 1. The van der Waals surface area contributed by atoms with Crippen molar-refractivity contribution in [3.8, 4) is 0 Å². The fourth-order valence-corrected chi connectivity index (χ4v) is 2.95. The molecule has 2 rings (SSSR count). The van der Waals surface area contributed by atoms with Crippen molar-refractivity contribution < 1.29 is 4.79 Å². The smallest absolute Gasteiger partial charge is 0.239 e. The summed E-state index contributed by atoms with van der Waals surface area (Å²) < 4.78 is 0. The molecular weight excluding hydrogens is 284 g/mol. The van der Waals surface area contributed by atoms with E-state index in [1.54, 1.807) is 18.3 Å². The van der Waals surface area contributed by atoms with Crippen molar-refractivity contribution in [2.45, 2.75) is 26.4 Å². The largest absolute Gasteiger partial charge is 0.339 e. The van der Waals surface area contributed by atoms with Crippen LogP contribution < -0.4 is 5.73 Å².